The van der Waals surface area contributed by atoms with Crippen LogP contribution in [0.5, 0.6) is 0 Å². The van der Waals surface area contributed by atoms with Gasteiger partial charge < -0.3 is 4.74 Å². The zero-order valence-corrected chi connectivity index (χ0v) is 18.1. The van der Waals surface area contributed by atoms with E-state index in [-0.39, 0.29) is 22.5 Å². The highest BCUT2D eigenvalue weighted by molar-refractivity contribution is 6.35. The van der Waals surface area contributed by atoms with E-state index in [9.17, 15) is 19.2 Å². The summed E-state index contributed by atoms with van der Waals surface area (Å²) >= 11 is 5.84. The van der Waals surface area contributed by atoms with Gasteiger partial charge in [-0.1, -0.05) is 29.8 Å². The van der Waals surface area contributed by atoms with E-state index >= 15 is 0 Å². The van der Waals surface area contributed by atoms with Crippen molar-refractivity contribution >= 4 is 40.9 Å². The number of Topliss-reactive ketones (excluding diaryl/α,β-unsaturated/α-hetero) is 1. The van der Waals surface area contributed by atoms with Crippen LogP contribution < -0.4 is 4.90 Å². The van der Waals surface area contributed by atoms with Gasteiger partial charge in [0, 0.05) is 10.6 Å². The number of anilines is 1. The predicted molar refractivity (Wildman–Crippen MR) is 119 cm³/mol. The first-order valence-electron chi connectivity index (χ1n) is 9.87. The summed E-state index contributed by atoms with van der Waals surface area (Å²) in [5.41, 5.74) is 2.02. The molecule has 1 heterocycles. The predicted octanol–water partition coefficient (Wildman–Crippen LogP) is 4.88. The van der Waals surface area contributed by atoms with Gasteiger partial charge in [0.2, 0.25) is 5.78 Å². The summed E-state index contributed by atoms with van der Waals surface area (Å²) in [6, 6.07) is 17.5. The number of halogens is 1. The topological polar surface area (TPSA) is 80.8 Å². The van der Waals surface area contributed by atoms with Crippen molar-refractivity contribution in [2.24, 2.45) is 0 Å². The minimum Gasteiger partial charge on any atom is -0.451 e. The number of esters is 1. The zero-order valence-electron chi connectivity index (χ0n) is 17.3. The van der Waals surface area contributed by atoms with Crippen molar-refractivity contribution in [3.8, 4) is 0 Å². The maximum absolute atomic E-state index is 13.0. The van der Waals surface area contributed by atoms with E-state index in [1.807, 2.05) is 6.07 Å². The van der Waals surface area contributed by atoms with Gasteiger partial charge in [-0.3, -0.25) is 14.4 Å². The standard InChI is InChI=1S/C25H18ClNO5/c1-14-5-3-4-6-21(14)27-23(29)19-12-9-17(13-20(19)24(27)30)25(31)32-15(2)22(28)16-7-10-18(26)11-8-16/h3-13,15H,1-2H3. The Morgan fingerprint density at radius 3 is 2.19 bits per heavy atom. The molecule has 0 saturated carbocycles. The fourth-order valence-electron chi connectivity index (χ4n) is 3.53. The highest BCUT2D eigenvalue weighted by atomic mass is 35.5. The number of ether oxygens (including phenoxy) is 1. The van der Waals surface area contributed by atoms with Gasteiger partial charge in [0.25, 0.3) is 11.8 Å². The number of aryl methyl sites for hydroxylation is 1. The number of carbonyl (C=O) groups is 4. The molecule has 2 amide bonds. The summed E-state index contributed by atoms with van der Waals surface area (Å²) in [6.07, 6.45) is -1.04. The Morgan fingerprint density at radius 2 is 1.50 bits per heavy atom. The van der Waals surface area contributed by atoms with Crippen molar-refractivity contribution in [2.75, 3.05) is 4.90 Å². The van der Waals surface area contributed by atoms with E-state index in [4.69, 9.17) is 16.3 Å². The van der Waals surface area contributed by atoms with E-state index in [2.05, 4.69) is 0 Å². The summed E-state index contributed by atoms with van der Waals surface area (Å²) in [7, 11) is 0. The third-order valence-electron chi connectivity index (χ3n) is 5.26. The first-order valence-corrected chi connectivity index (χ1v) is 10.2. The number of hydrogen-bond acceptors (Lipinski definition) is 5. The van der Waals surface area contributed by atoms with Gasteiger partial charge in [0.15, 0.2) is 6.10 Å². The maximum Gasteiger partial charge on any atom is 0.338 e. The lowest BCUT2D eigenvalue weighted by Crippen LogP contribution is -2.29. The molecule has 160 valence electrons. The van der Waals surface area contributed by atoms with Gasteiger partial charge >= 0.3 is 5.97 Å². The molecule has 4 rings (SSSR count). The molecule has 7 heteroatoms. The minimum atomic E-state index is -1.04. The molecule has 0 fully saturated rings. The Hall–Kier alpha value is -3.77. The molecule has 1 aliphatic heterocycles. The number of rotatable bonds is 5. The van der Waals surface area contributed by atoms with E-state index in [1.165, 1.54) is 25.1 Å². The molecule has 0 bridgehead atoms. The lowest BCUT2D eigenvalue weighted by Gasteiger charge is -2.16. The second-order valence-electron chi connectivity index (χ2n) is 7.41. The van der Waals surface area contributed by atoms with Gasteiger partial charge in [-0.2, -0.15) is 0 Å². The van der Waals surface area contributed by atoms with Crippen molar-refractivity contribution in [1.29, 1.82) is 0 Å². The van der Waals surface area contributed by atoms with Gasteiger partial charge in [-0.25, -0.2) is 9.69 Å². The summed E-state index contributed by atoms with van der Waals surface area (Å²) in [6.45, 7) is 3.28. The fourth-order valence-corrected chi connectivity index (χ4v) is 3.66. The number of ketones is 1. The molecule has 32 heavy (non-hydrogen) atoms. The largest absolute Gasteiger partial charge is 0.451 e. The van der Waals surface area contributed by atoms with Crippen LogP contribution in [0, 0.1) is 6.92 Å². The molecule has 0 saturated heterocycles. The third-order valence-corrected chi connectivity index (χ3v) is 5.51. The van der Waals surface area contributed by atoms with Crippen molar-refractivity contribution in [3.63, 3.8) is 0 Å². The number of amides is 2. The number of para-hydroxylation sites is 1. The Labute approximate surface area is 189 Å². The molecule has 0 N–H and O–H groups in total. The van der Waals surface area contributed by atoms with Crippen LogP contribution in [0.1, 0.15) is 53.9 Å². The molecule has 0 aromatic heterocycles. The number of hydrogen-bond donors (Lipinski definition) is 0. The van der Waals surface area contributed by atoms with Crippen LogP contribution in [-0.4, -0.2) is 29.7 Å². The molecule has 0 spiro atoms. The normalized spacial score (nSPS) is 13.7. The first-order chi connectivity index (χ1) is 15.3. The third kappa shape index (κ3) is 3.81. The van der Waals surface area contributed by atoms with Gasteiger partial charge in [0.05, 0.1) is 22.4 Å². The maximum atomic E-state index is 13.0. The number of imide groups is 1. The highest BCUT2D eigenvalue weighted by Gasteiger charge is 2.38. The minimum absolute atomic E-state index is 0.0762. The van der Waals surface area contributed by atoms with Gasteiger partial charge in [0.1, 0.15) is 0 Å². The van der Waals surface area contributed by atoms with Crippen LogP contribution in [0.15, 0.2) is 66.7 Å². The van der Waals surface area contributed by atoms with E-state index in [0.717, 1.165) is 10.5 Å². The molecule has 3 aromatic carbocycles. The van der Waals surface area contributed by atoms with Crippen LogP contribution >= 0.6 is 11.6 Å². The van der Waals surface area contributed by atoms with Crippen molar-refractivity contribution in [1.82, 2.24) is 0 Å². The number of benzene rings is 3. The van der Waals surface area contributed by atoms with Gasteiger partial charge in [-0.05, 0) is 67.9 Å². The van der Waals surface area contributed by atoms with Crippen molar-refractivity contribution < 1.29 is 23.9 Å². The summed E-state index contributed by atoms with van der Waals surface area (Å²) in [5.74, 6) is -2.12. The number of fused-ring (bicyclic) bond motifs is 1. The lowest BCUT2D eigenvalue weighted by atomic mass is 10.1. The van der Waals surface area contributed by atoms with Crippen molar-refractivity contribution in [3.05, 3.63) is 99.6 Å². The average Bonchev–Trinajstić information content (AvgIpc) is 3.03. The zero-order chi connectivity index (χ0) is 23.0. The number of carbonyl (C=O) groups excluding carboxylic acids is 4. The van der Waals surface area contributed by atoms with E-state index in [0.29, 0.717) is 16.3 Å². The van der Waals surface area contributed by atoms with Crippen LogP contribution in [0.3, 0.4) is 0 Å². The highest BCUT2D eigenvalue weighted by Crippen LogP contribution is 2.31. The van der Waals surface area contributed by atoms with Gasteiger partial charge in [-0.15, -0.1) is 0 Å². The average molecular weight is 448 g/mol. The first kappa shape index (κ1) is 21.5. The van der Waals surface area contributed by atoms with Crippen LogP contribution in [0.25, 0.3) is 0 Å². The second-order valence-corrected chi connectivity index (χ2v) is 7.85. The summed E-state index contributed by atoms with van der Waals surface area (Å²) < 4.78 is 5.30. The van der Waals surface area contributed by atoms with Crippen LogP contribution in [0.4, 0.5) is 5.69 Å². The van der Waals surface area contributed by atoms with Crippen LogP contribution in [0.2, 0.25) is 5.02 Å². The Morgan fingerprint density at radius 1 is 0.875 bits per heavy atom. The fraction of sp³-hybridized carbons (Fsp3) is 0.120. The Balaban J connectivity index is 1.55. The number of nitrogens with zero attached hydrogens (tertiary/aromatic N) is 1. The SMILES string of the molecule is Cc1ccccc1N1C(=O)c2ccc(C(=O)OC(C)C(=O)c3ccc(Cl)cc3)cc2C1=O. The van der Waals surface area contributed by atoms with Crippen LogP contribution in [-0.2, 0) is 4.74 Å². The molecule has 1 aliphatic rings. The smallest absolute Gasteiger partial charge is 0.338 e. The molecule has 0 radical (unpaired) electrons. The van der Waals surface area contributed by atoms with E-state index in [1.54, 1.807) is 49.4 Å². The molecule has 1 atom stereocenters. The Bertz CT molecular complexity index is 1270. The molecule has 3 aromatic rings. The molecule has 0 aliphatic carbocycles. The molecular formula is C25H18ClNO5. The lowest BCUT2D eigenvalue weighted by molar-refractivity contribution is 0.0318. The molecule has 1 unspecified atom stereocenters. The Kier molecular flexibility index (Phi) is 5.63. The molecular weight excluding hydrogens is 430 g/mol. The second kappa shape index (κ2) is 8.40. The summed E-state index contributed by atoms with van der Waals surface area (Å²) in [5, 5.41) is 0.489. The monoisotopic (exact) mass is 447 g/mol. The quantitative estimate of drug-likeness (QED) is 0.316. The van der Waals surface area contributed by atoms with Crippen molar-refractivity contribution in [2.45, 2.75) is 20.0 Å². The van der Waals surface area contributed by atoms with E-state index < -0.39 is 23.9 Å². The summed E-state index contributed by atoms with van der Waals surface area (Å²) in [4.78, 5) is 52.0. The molecule has 6 nitrogen and oxygen atoms in total.